The molecule has 19 heavy (non-hydrogen) atoms. The first-order valence-corrected chi connectivity index (χ1v) is 7.97. The molecule has 0 heterocycles. The largest absolute Gasteiger partial charge is 0.429 e. The zero-order chi connectivity index (χ0) is 13.9. The second kappa shape index (κ2) is 5.64. The van der Waals surface area contributed by atoms with Gasteiger partial charge in [-0.25, -0.2) is 4.39 Å². The van der Waals surface area contributed by atoms with Crippen LogP contribution in [-0.4, -0.2) is 6.66 Å². The number of anilines is 1. The minimum atomic E-state index is -3.21. The van der Waals surface area contributed by atoms with Crippen molar-refractivity contribution in [2.24, 2.45) is 0 Å². The molecule has 0 fully saturated rings. The number of halogens is 2. The van der Waals surface area contributed by atoms with E-state index < -0.39 is 13.3 Å². The monoisotopic (exact) mass is 299 g/mol. The molecule has 0 aliphatic carbocycles. The summed E-state index contributed by atoms with van der Waals surface area (Å²) in [5.74, 6) is -0.0802. The molecule has 0 saturated carbocycles. The van der Waals surface area contributed by atoms with Gasteiger partial charge in [-0.3, -0.25) is 4.57 Å². The maximum absolute atomic E-state index is 13.5. The van der Waals surface area contributed by atoms with E-state index in [0.29, 0.717) is 10.8 Å². The molecule has 0 radical (unpaired) electrons. The number of para-hydroxylation sites is 1. The predicted molar refractivity (Wildman–Crippen MR) is 75.6 cm³/mol. The minimum absolute atomic E-state index is 0.141. The third kappa shape index (κ3) is 3.98. The van der Waals surface area contributed by atoms with Crippen molar-refractivity contribution < 1.29 is 13.5 Å². The summed E-state index contributed by atoms with van der Waals surface area (Å²) in [5.41, 5.74) is 0.141. The van der Waals surface area contributed by atoms with E-state index in [9.17, 15) is 8.96 Å². The molecule has 0 aliphatic heterocycles. The SMILES string of the molecule is C[P@@](=O)(Nc1ccccc1F)Oc1ccc(Cl)cc1. The second-order valence-corrected chi connectivity index (χ2v) is 6.52. The van der Waals surface area contributed by atoms with Gasteiger partial charge in [0, 0.05) is 11.7 Å². The van der Waals surface area contributed by atoms with Crippen LogP contribution in [0.5, 0.6) is 5.75 Å². The van der Waals surface area contributed by atoms with Crippen LogP contribution >= 0.6 is 19.1 Å². The summed E-state index contributed by atoms with van der Waals surface area (Å²) in [7, 11) is -3.21. The molecule has 0 aliphatic rings. The van der Waals surface area contributed by atoms with Crippen molar-refractivity contribution in [3.8, 4) is 5.75 Å². The Labute approximate surface area is 115 Å². The lowest BCUT2D eigenvalue weighted by atomic mass is 10.3. The summed E-state index contributed by atoms with van der Waals surface area (Å²) in [6, 6.07) is 12.4. The Morgan fingerprint density at radius 3 is 2.42 bits per heavy atom. The molecular formula is C13H12ClFNO2P. The van der Waals surface area contributed by atoms with Gasteiger partial charge in [-0.1, -0.05) is 23.7 Å². The summed E-state index contributed by atoms with van der Waals surface area (Å²) >= 11 is 5.74. The molecule has 2 aromatic rings. The van der Waals surface area contributed by atoms with Crippen LogP contribution < -0.4 is 9.61 Å². The van der Waals surface area contributed by atoms with E-state index in [1.54, 1.807) is 36.4 Å². The molecule has 0 aromatic heterocycles. The van der Waals surface area contributed by atoms with Gasteiger partial charge in [0.15, 0.2) is 0 Å². The van der Waals surface area contributed by atoms with E-state index in [0.717, 1.165) is 0 Å². The van der Waals surface area contributed by atoms with Crippen LogP contribution in [0.3, 0.4) is 0 Å². The zero-order valence-corrected chi connectivity index (χ0v) is 11.8. The molecule has 1 atom stereocenters. The fourth-order valence-corrected chi connectivity index (χ4v) is 2.80. The van der Waals surface area contributed by atoms with Crippen LogP contribution in [0.1, 0.15) is 0 Å². The Hall–Kier alpha value is -1.51. The average molecular weight is 300 g/mol. The lowest BCUT2D eigenvalue weighted by molar-refractivity contribution is 0.493. The van der Waals surface area contributed by atoms with Crippen molar-refractivity contribution in [2.45, 2.75) is 0 Å². The number of hydrogen-bond acceptors (Lipinski definition) is 2. The van der Waals surface area contributed by atoms with Crippen LogP contribution in [0.2, 0.25) is 5.02 Å². The van der Waals surface area contributed by atoms with Crippen molar-refractivity contribution in [3.63, 3.8) is 0 Å². The van der Waals surface area contributed by atoms with Gasteiger partial charge in [0.2, 0.25) is 0 Å². The molecule has 100 valence electrons. The van der Waals surface area contributed by atoms with E-state index in [1.807, 2.05) is 0 Å². The van der Waals surface area contributed by atoms with Gasteiger partial charge in [-0.2, -0.15) is 0 Å². The number of nitrogens with one attached hydrogen (secondary N) is 1. The van der Waals surface area contributed by atoms with Gasteiger partial charge in [0.1, 0.15) is 11.6 Å². The topological polar surface area (TPSA) is 38.3 Å². The normalized spacial score (nSPS) is 13.6. The maximum atomic E-state index is 13.5. The average Bonchev–Trinajstić information content (AvgIpc) is 2.35. The first-order valence-electron chi connectivity index (χ1n) is 5.52. The quantitative estimate of drug-likeness (QED) is 0.825. The molecule has 0 amide bonds. The highest BCUT2D eigenvalue weighted by molar-refractivity contribution is 7.60. The molecule has 0 saturated heterocycles. The van der Waals surface area contributed by atoms with Gasteiger partial charge >= 0.3 is 7.52 Å². The summed E-state index contributed by atoms with van der Waals surface area (Å²) in [4.78, 5) is 0. The molecular weight excluding hydrogens is 288 g/mol. The molecule has 3 nitrogen and oxygen atoms in total. The lowest BCUT2D eigenvalue weighted by Crippen LogP contribution is -2.03. The van der Waals surface area contributed by atoms with E-state index in [4.69, 9.17) is 16.1 Å². The molecule has 0 unspecified atom stereocenters. The van der Waals surface area contributed by atoms with E-state index in [1.165, 1.54) is 18.8 Å². The van der Waals surface area contributed by atoms with Gasteiger partial charge in [-0.15, -0.1) is 0 Å². The Morgan fingerprint density at radius 1 is 1.16 bits per heavy atom. The predicted octanol–water partition coefficient (Wildman–Crippen LogP) is 4.79. The van der Waals surface area contributed by atoms with Crippen molar-refractivity contribution >= 4 is 24.8 Å². The first-order chi connectivity index (χ1) is 8.96. The molecule has 0 spiro atoms. The number of benzene rings is 2. The maximum Gasteiger partial charge on any atom is 0.338 e. The summed E-state index contributed by atoms with van der Waals surface area (Å²) in [6.45, 7) is 1.38. The van der Waals surface area contributed by atoms with Crippen molar-refractivity contribution in [1.82, 2.24) is 0 Å². The highest BCUT2D eigenvalue weighted by atomic mass is 35.5. The lowest BCUT2D eigenvalue weighted by Gasteiger charge is -2.17. The van der Waals surface area contributed by atoms with E-state index in [2.05, 4.69) is 5.09 Å². The molecule has 6 heteroatoms. The summed E-state index contributed by atoms with van der Waals surface area (Å²) in [6.07, 6.45) is 0. The minimum Gasteiger partial charge on any atom is -0.429 e. The van der Waals surface area contributed by atoms with E-state index in [-0.39, 0.29) is 5.69 Å². The second-order valence-electron chi connectivity index (χ2n) is 3.98. The third-order valence-corrected chi connectivity index (χ3v) is 3.75. The highest BCUT2D eigenvalue weighted by Gasteiger charge is 2.18. The van der Waals surface area contributed by atoms with E-state index >= 15 is 0 Å². The summed E-state index contributed by atoms with van der Waals surface area (Å²) in [5, 5.41) is 3.13. The Morgan fingerprint density at radius 2 is 1.79 bits per heavy atom. The van der Waals surface area contributed by atoms with Crippen LogP contribution in [0, 0.1) is 5.82 Å². The summed E-state index contributed by atoms with van der Waals surface area (Å²) < 4.78 is 31.0. The third-order valence-electron chi connectivity index (χ3n) is 2.29. The van der Waals surface area contributed by atoms with Gasteiger partial charge in [-0.05, 0) is 36.4 Å². The number of hydrogen-bond donors (Lipinski definition) is 1. The molecule has 2 aromatic carbocycles. The Balaban J connectivity index is 2.13. The van der Waals surface area contributed by atoms with Crippen LogP contribution in [0.4, 0.5) is 10.1 Å². The molecule has 0 bridgehead atoms. The van der Waals surface area contributed by atoms with Gasteiger partial charge < -0.3 is 9.61 Å². The fraction of sp³-hybridized carbons (Fsp3) is 0.0769. The first kappa shape index (κ1) is 13.9. The highest BCUT2D eigenvalue weighted by Crippen LogP contribution is 2.43. The number of rotatable bonds is 4. The Bertz CT molecular complexity index is 618. The molecule has 1 N–H and O–H groups in total. The van der Waals surface area contributed by atoms with Crippen molar-refractivity contribution in [2.75, 3.05) is 11.8 Å². The van der Waals surface area contributed by atoms with Gasteiger partial charge in [0.05, 0.1) is 5.69 Å². The Kier molecular flexibility index (Phi) is 4.13. The fourth-order valence-electron chi connectivity index (χ4n) is 1.49. The standard InChI is InChI=1S/C13H12ClFNO2P/c1-19(17,16-13-5-3-2-4-12(13)15)18-11-8-6-10(14)7-9-11/h2-9H,1H3,(H,16,17)/t19-/m0/s1. The smallest absolute Gasteiger partial charge is 0.338 e. The van der Waals surface area contributed by atoms with Gasteiger partial charge in [0.25, 0.3) is 0 Å². The van der Waals surface area contributed by atoms with Crippen LogP contribution in [0.15, 0.2) is 48.5 Å². The molecule has 2 rings (SSSR count). The van der Waals surface area contributed by atoms with Crippen LogP contribution in [0.25, 0.3) is 0 Å². The van der Waals surface area contributed by atoms with Crippen molar-refractivity contribution in [1.29, 1.82) is 0 Å². The van der Waals surface area contributed by atoms with Crippen LogP contribution in [-0.2, 0) is 4.57 Å². The van der Waals surface area contributed by atoms with Crippen molar-refractivity contribution in [3.05, 3.63) is 59.4 Å². The zero-order valence-electron chi connectivity index (χ0n) is 10.1.